The number of benzene rings is 2. The molecule has 0 bridgehead atoms. The molecule has 3 aromatic rings. The highest BCUT2D eigenvalue weighted by Crippen LogP contribution is 2.43. The van der Waals surface area contributed by atoms with E-state index < -0.39 is 0 Å². The molecule has 0 saturated carbocycles. The molecule has 0 saturated heterocycles. The van der Waals surface area contributed by atoms with Crippen molar-refractivity contribution in [3.05, 3.63) is 90.0 Å². The molecule has 2 unspecified atom stereocenters. The number of aryl methyl sites for hydroxylation is 1. The molecule has 0 aliphatic rings. The highest BCUT2D eigenvalue weighted by molar-refractivity contribution is 5.32. The minimum Gasteiger partial charge on any atom is -0.247 e. The van der Waals surface area contributed by atoms with Crippen molar-refractivity contribution in [2.45, 2.75) is 154 Å². The Bertz CT molecular complexity index is 1020. The summed E-state index contributed by atoms with van der Waals surface area (Å²) >= 11 is 0. The molecule has 2 nitrogen and oxygen atoms in total. The molecule has 226 valence electrons. The number of hydrogen-bond donors (Lipinski definition) is 1. The van der Waals surface area contributed by atoms with Crippen LogP contribution in [-0.4, -0.2) is 4.98 Å². The zero-order valence-electron chi connectivity index (χ0n) is 26.9. The van der Waals surface area contributed by atoms with Crippen LogP contribution in [0.3, 0.4) is 0 Å². The molecule has 0 spiro atoms. The van der Waals surface area contributed by atoms with Crippen LogP contribution in [0.15, 0.2) is 73.1 Å². The Hall–Kier alpha value is -2.35. The maximum atomic E-state index is 3.76. The molecule has 2 atom stereocenters. The first-order valence-corrected chi connectivity index (χ1v) is 17.3. The molecular weight excluding hydrogens is 496 g/mol. The lowest BCUT2D eigenvalue weighted by Gasteiger charge is -2.37. The molecule has 3 rings (SSSR count). The zero-order valence-corrected chi connectivity index (χ0v) is 26.9. The van der Waals surface area contributed by atoms with E-state index in [1.807, 2.05) is 0 Å². The topological polar surface area (TPSA) is 19.7 Å². The van der Waals surface area contributed by atoms with Crippen molar-refractivity contribution in [2.75, 3.05) is 0 Å². The van der Waals surface area contributed by atoms with Gasteiger partial charge in [-0.3, -0.25) is 0 Å². The standard InChI is InChI=1S/C39H60N2/c1-4-6-8-10-11-12-13-14-15-16-17-24-30-37(38-40-31-33-41(38)32-25-9-7-5-2)39(3,36-28-22-19-23-29-36)34-35-26-20-18-21-27-35/h18-23,26-29,31,33,37H,4-17,24-25,30,32,34H2,1-3H3/p+1. The van der Waals surface area contributed by atoms with Crippen molar-refractivity contribution in [3.8, 4) is 0 Å². The van der Waals surface area contributed by atoms with Crippen LogP contribution in [0.1, 0.15) is 153 Å². The van der Waals surface area contributed by atoms with Crippen molar-refractivity contribution in [2.24, 2.45) is 0 Å². The zero-order chi connectivity index (χ0) is 29.0. The SMILES string of the molecule is CCCCCCCCCCCCCCC(c1[nH]cc[n+]1CCCCCC)C(C)(Cc1ccccc1)c1ccccc1. The minimum absolute atomic E-state index is 0.0103. The molecule has 0 radical (unpaired) electrons. The van der Waals surface area contributed by atoms with Crippen molar-refractivity contribution < 1.29 is 4.57 Å². The molecule has 0 aliphatic carbocycles. The minimum atomic E-state index is 0.0103. The molecule has 1 N–H and O–H groups in total. The summed E-state index contributed by atoms with van der Waals surface area (Å²) in [4.78, 5) is 3.76. The fourth-order valence-electron chi connectivity index (χ4n) is 6.79. The van der Waals surface area contributed by atoms with E-state index in [-0.39, 0.29) is 5.41 Å². The quantitative estimate of drug-likeness (QED) is 0.0883. The summed E-state index contributed by atoms with van der Waals surface area (Å²) in [5.74, 6) is 1.86. The number of nitrogens with zero attached hydrogens (tertiary/aromatic N) is 1. The van der Waals surface area contributed by atoms with Crippen LogP contribution in [0.25, 0.3) is 0 Å². The third-order valence-corrected chi connectivity index (χ3v) is 9.34. The van der Waals surface area contributed by atoms with Gasteiger partial charge in [0.15, 0.2) is 0 Å². The third kappa shape index (κ3) is 11.4. The number of aromatic nitrogens is 2. The Morgan fingerprint density at radius 2 is 1.15 bits per heavy atom. The molecule has 1 aromatic heterocycles. The number of aromatic amines is 1. The highest BCUT2D eigenvalue weighted by atomic mass is 15.1. The fourth-order valence-corrected chi connectivity index (χ4v) is 6.79. The van der Waals surface area contributed by atoms with E-state index in [0.717, 1.165) is 13.0 Å². The van der Waals surface area contributed by atoms with E-state index in [2.05, 4.69) is 103 Å². The number of rotatable bonds is 23. The van der Waals surface area contributed by atoms with E-state index in [1.54, 1.807) is 0 Å². The Labute approximate surface area is 253 Å². The first-order valence-electron chi connectivity index (χ1n) is 17.3. The van der Waals surface area contributed by atoms with Crippen LogP contribution >= 0.6 is 0 Å². The number of imidazole rings is 1. The van der Waals surface area contributed by atoms with E-state index in [4.69, 9.17) is 0 Å². The lowest BCUT2D eigenvalue weighted by Crippen LogP contribution is -2.43. The summed E-state index contributed by atoms with van der Waals surface area (Å²) in [6.45, 7) is 8.25. The van der Waals surface area contributed by atoms with Crippen LogP contribution < -0.4 is 4.57 Å². The van der Waals surface area contributed by atoms with Gasteiger partial charge in [0, 0.05) is 5.41 Å². The molecule has 41 heavy (non-hydrogen) atoms. The maximum absolute atomic E-state index is 3.76. The number of H-pyrrole nitrogens is 1. The van der Waals surface area contributed by atoms with Gasteiger partial charge in [-0.1, -0.05) is 171 Å². The van der Waals surface area contributed by atoms with Crippen LogP contribution in [0.5, 0.6) is 0 Å². The Balaban J connectivity index is 1.68. The van der Waals surface area contributed by atoms with Gasteiger partial charge in [-0.15, -0.1) is 0 Å². The van der Waals surface area contributed by atoms with Gasteiger partial charge in [-0.25, -0.2) is 9.55 Å². The summed E-state index contributed by atoms with van der Waals surface area (Å²) in [6.07, 6.45) is 28.7. The monoisotopic (exact) mass is 557 g/mol. The second-order valence-electron chi connectivity index (χ2n) is 12.8. The molecule has 2 heteroatoms. The summed E-state index contributed by atoms with van der Waals surface area (Å²) in [6, 6.07) is 22.5. The van der Waals surface area contributed by atoms with Crippen LogP contribution in [0.4, 0.5) is 0 Å². The summed E-state index contributed by atoms with van der Waals surface area (Å²) in [5, 5.41) is 0. The van der Waals surface area contributed by atoms with Gasteiger partial charge in [0.25, 0.3) is 5.82 Å². The molecule has 2 aromatic carbocycles. The number of hydrogen-bond acceptors (Lipinski definition) is 0. The van der Waals surface area contributed by atoms with E-state index in [0.29, 0.717) is 5.92 Å². The lowest BCUT2D eigenvalue weighted by atomic mass is 9.66. The van der Waals surface area contributed by atoms with Gasteiger partial charge >= 0.3 is 0 Å². The van der Waals surface area contributed by atoms with Gasteiger partial charge in [-0.2, -0.15) is 0 Å². The first-order chi connectivity index (χ1) is 20.2. The largest absolute Gasteiger partial charge is 0.258 e. The fraction of sp³-hybridized carbons (Fsp3) is 0.615. The Morgan fingerprint density at radius 1 is 0.634 bits per heavy atom. The van der Waals surface area contributed by atoms with Gasteiger partial charge in [0.05, 0.1) is 12.5 Å². The predicted molar refractivity (Wildman–Crippen MR) is 178 cm³/mol. The van der Waals surface area contributed by atoms with Gasteiger partial charge in [0.2, 0.25) is 0 Å². The normalized spacial score (nSPS) is 13.7. The number of nitrogens with one attached hydrogen (secondary N) is 1. The third-order valence-electron chi connectivity index (χ3n) is 9.34. The molecular formula is C39H61N2+. The van der Waals surface area contributed by atoms with Gasteiger partial charge < -0.3 is 0 Å². The first kappa shape index (κ1) is 33.2. The van der Waals surface area contributed by atoms with Crippen molar-refractivity contribution >= 4 is 0 Å². The van der Waals surface area contributed by atoms with Crippen LogP contribution in [0.2, 0.25) is 0 Å². The average Bonchev–Trinajstić information content (AvgIpc) is 3.46. The van der Waals surface area contributed by atoms with Crippen molar-refractivity contribution in [1.82, 2.24) is 4.98 Å². The molecule has 1 heterocycles. The van der Waals surface area contributed by atoms with Gasteiger partial charge in [0.1, 0.15) is 12.4 Å². The summed E-state index contributed by atoms with van der Waals surface area (Å²) in [5.41, 5.74) is 2.90. The molecule has 0 amide bonds. The summed E-state index contributed by atoms with van der Waals surface area (Å²) in [7, 11) is 0. The smallest absolute Gasteiger partial charge is 0.247 e. The second kappa shape index (κ2) is 19.7. The Kier molecular flexibility index (Phi) is 15.9. The highest BCUT2D eigenvalue weighted by Gasteiger charge is 2.41. The molecule has 0 aliphatic heterocycles. The lowest BCUT2D eigenvalue weighted by molar-refractivity contribution is -0.705. The summed E-state index contributed by atoms with van der Waals surface area (Å²) < 4.78 is 2.55. The Morgan fingerprint density at radius 3 is 1.73 bits per heavy atom. The van der Waals surface area contributed by atoms with E-state index in [1.165, 1.54) is 126 Å². The van der Waals surface area contributed by atoms with Crippen LogP contribution in [0, 0.1) is 0 Å². The van der Waals surface area contributed by atoms with Crippen molar-refractivity contribution in [3.63, 3.8) is 0 Å². The number of unbranched alkanes of at least 4 members (excludes halogenated alkanes) is 14. The van der Waals surface area contributed by atoms with E-state index >= 15 is 0 Å². The predicted octanol–water partition coefficient (Wildman–Crippen LogP) is 11.3. The maximum Gasteiger partial charge on any atom is 0.258 e. The average molecular weight is 558 g/mol. The second-order valence-corrected chi connectivity index (χ2v) is 12.8. The van der Waals surface area contributed by atoms with Crippen LogP contribution in [-0.2, 0) is 18.4 Å². The van der Waals surface area contributed by atoms with Gasteiger partial charge in [-0.05, 0) is 36.8 Å². The molecule has 0 fully saturated rings. The van der Waals surface area contributed by atoms with E-state index in [9.17, 15) is 0 Å². The van der Waals surface area contributed by atoms with Crippen molar-refractivity contribution in [1.29, 1.82) is 0 Å².